The second-order valence-corrected chi connectivity index (χ2v) is 4.67. The molecule has 0 spiro atoms. The molecule has 0 amide bonds. The molecule has 7 nitrogen and oxygen atoms in total. The van der Waals surface area contributed by atoms with Crippen molar-refractivity contribution in [1.29, 1.82) is 0 Å². The van der Waals surface area contributed by atoms with Gasteiger partial charge < -0.3 is 9.84 Å². The van der Waals surface area contributed by atoms with E-state index in [1.54, 1.807) is 21.0 Å². The lowest BCUT2D eigenvalue weighted by Gasteiger charge is -2.31. The molecule has 0 atom stereocenters. The van der Waals surface area contributed by atoms with Gasteiger partial charge in [0, 0.05) is 7.11 Å². The first kappa shape index (κ1) is 14.6. The molecule has 0 aliphatic heterocycles. The zero-order valence-electron chi connectivity index (χ0n) is 11.5. The van der Waals surface area contributed by atoms with E-state index < -0.39 is 17.1 Å². The summed E-state index contributed by atoms with van der Waals surface area (Å²) < 4.78 is 6.70. The molecule has 0 aliphatic rings. The number of methoxy groups -OCH3 is 1. The standard InChI is InChI=1S/C11H20N4O3/c1-6-11(7-2,9(16)17)15-8(12-13-14-15)10(3,4)18-5/h6-7H2,1-5H3,(H,16,17). The van der Waals surface area contributed by atoms with E-state index in [0.29, 0.717) is 18.7 Å². The predicted octanol–water partition coefficient (Wildman–Crippen LogP) is 1.15. The maximum absolute atomic E-state index is 11.6. The van der Waals surface area contributed by atoms with Crippen LogP contribution < -0.4 is 0 Å². The number of tetrazole rings is 1. The summed E-state index contributed by atoms with van der Waals surface area (Å²) in [7, 11) is 1.54. The number of carboxylic acids is 1. The van der Waals surface area contributed by atoms with E-state index in [-0.39, 0.29) is 0 Å². The van der Waals surface area contributed by atoms with Gasteiger partial charge in [0.25, 0.3) is 0 Å². The minimum Gasteiger partial charge on any atom is -0.479 e. The third-order valence-corrected chi connectivity index (χ3v) is 3.49. The van der Waals surface area contributed by atoms with Crippen molar-refractivity contribution >= 4 is 5.97 Å². The number of aromatic nitrogens is 4. The molecule has 1 rings (SSSR count). The van der Waals surface area contributed by atoms with E-state index in [0.717, 1.165) is 0 Å². The minimum absolute atomic E-state index is 0.399. The minimum atomic E-state index is -1.13. The average Bonchev–Trinajstić information content (AvgIpc) is 2.81. The Hall–Kier alpha value is -1.50. The molecule has 7 heteroatoms. The average molecular weight is 256 g/mol. The Balaban J connectivity index is 3.41. The lowest BCUT2D eigenvalue weighted by atomic mass is 9.92. The summed E-state index contributed by atoms with van der Waals surface area (Å²) in [6, 6.07) is 0. The first-order valence-corrected chi connectivity index (χ1v) is 5.93. The predicted molar refractivity (Wildman–Crippen MR) is 64.0 cm³/mol. The summed E-state index contributed by atoms with van der Waals surface area (Å²) in [6.07, 6.45) is 0.799. The van der Waals surface area contributed by atoms with Crippen LogP contribution >= 0.6 is 0 Å². The fraction of sp³-hybridized carbons (Fsp3) is 0.818. The van der Waals surface area contributed by atoms with Gasteiger partial charge in [-0.1, -0.05) is 13.8 Å². The fourth-order valence-electron chi connectivity index (χ4n) is 1.88. The van der Waals surface area contributed by atoms with Crippen molar-refractivity contribution in [2.45, 2.75) is 51.7 Å². The highest BCUT2D eigenvalue weighted by Gasteiger charge is 2.43. The van der Waals surface area contributed by atoms with Crippen LogP contribution in [0.15, 0.2) is 0 Å². The Bertz CT molecular complexity index is 424. The summed E-state index contributed by atoms with van der Waals surface area (Å²) in [4.78, 5) is 11.6. The normalized spacial score (nSPS) is 12.7. The number of carbonyl (C=O) groups is 1. The molecular weight excluding hydrogens is 236 g/mol. The van der Waals surface area contributed by atoms with E-state index in [2.05, 4.69) is 15.5 Å². The Morgan fingerprint density at radius 2 is 1.94 bits per heavy atom. The number of carboxylic acid groups (broad SMARTS) is 1. The van der Waals surface area contributed by atoms with Crippen molar-refractivity contribution in [1.82, 2.24) is 20.2 Å². The maximum atomic E-state index is 11.6. The van der Waals surface area contributed by atoms with Gasteiger partial charge in [-0.25, -0.2) is 9.48 Å². The third kappa shape index (κ3) is 2.10. The van der Waals surface area contributed by atoms with Crippen LogP contribution in [0.5, 0.6) is 0 Å². The van der Waals surface area contributed by atoms with Crippen LogP contribution in [0.3, 0.4) is 0 Å². The van der Waals surface area contributed by atoms with E-state index >= 15 is 0 Å². The fourth-order valence-corrected chi connectivity index (χ4v) is 1.88. The van der Waals surface area contributed by atoms with Crippen molar-refractivity contribution in [3.63, 3.8) is 0 Å². The van der Waals surface area contributed by atoms with Gasteiger partial charge in [-0.15, -0.1) is 5.10 Å². The van der Waals surface area contributed by atoms with Gasteiger partial charge in [0.2, 0.25) is 0 Å². The second-order valence-electron chi connectivity index (χ2n) is 4.67. The lowest BCUT2D eigenvalue weighted by molar-refractivity contribution is -0.149. The first-order chi connectivity index (χ1) is 8.35. The second kappa shape index (κ2) is 5.01. The van der Waals surface area contributed by atoms with E-state index in [4.69, 9.17) is 4.74 Å². The number of aliphatic carboxylic acids is 1. The van der Waals surface area contributed by atoms with Crippen LogP contribution in [-0.2, 0) is 20.7 Å². The molecular formula is C11H20N4O3. The molecule has 0 radical (unpaired) electrons. The number of hydrogen-bond donors (Lipinski definition) is 1. The number of nitrogens with zero attached hydrogens (tertiary/aromatic N) is 4. The molecule has 0 saturated heterocycles. The van der Waals surface area contributed by atoms with Gasteiger partial charge in [0.05, 0.1) is 0 Å². The van der Waals surface area contributed by atoms with Gasteiger partial charge in [-0.05, 0) is 37.1 Å². The summed E-state index contributed by atoms with van der Waals surface area (Å²) in [5.74, 6) is -0.524. The molecule has 102 valence electrons. The van der Waals surface area contributed by atoms with Gasteiger partial charge >= 0.3 is 5.97 Å². The van der Waals surface area contributed by atoms with Crippen LogP contribution in [0.2, 0.25) is 0 Å². The highest BCUT2D eigenvalue weighted by molar-refractivity contribution is 5.76. The van der Waals surface area contributed by atoms with Gasteiger partial charge in [-0.3, -0.25) is 0 Å². The van der Waals surface area contributed by atoms with Gasteiger partial charge in [-0.2, -0.15) is 0 Å². The topological polar surface area (TPSA) is 90.1 Å². The van der Waals surface area contributed by atoms with Crippen molar-refractivity contribution in [2.24, 2.45) is 0 Å². The zero-order chi connectivity index (χ0) is 14.0. The molecule has 1 aromatic rings. The zero-order valence-corrected chi connectivity index (χ0v) is 11.5. The van der Waals surface area contributed by atoms with Gasteiger partial charge in [0.1, 0.15) is 5.60 Å². The molecule has 0 aliphatic carbocycles. The number of hydrogen-bond acceptors (Lipinski definition) is 5. The van der Waals surface area contributed by atoms with E-state index in [9.17, 15) is 9.90 Å². The molecule has 1 aromatic heterocycles. The largest absolute Gasteiger partial charge is 0.479 e. The van der Waals surface area contributed by atoms with Crippen LogP contribution in [0.25, 0.3) is 0 Å². The highest BCUT2D eigenvalue weighted by atomic mass is 16.5. The molecule has 0 bridgehead atoms. The maximum Gasteiger partial charge on any atom is 0.331 e. The summed E-state index contributed by atoms with van der Waals surface area (Å²) in [5, 5.41) is 20.9. The smallest absolute Gasteiger partial charge is 0.331 e. The Morgan fingerprint density at radius 3 is 2.33 bits per heavy atom. The molecule has 1 N–H and O–H groups in total. The van der Waals surface area contributed by atoms with Crippen molar-refractivity contribution in [3.05, 3.63) is 5.82 Å². The Morgan fingerprint density at radius 1 is 1.39 bits per heavy atom. The molecule has 0 saturated carbocycles. The molecule has 0 fully saturated rings. The van der Waals surface area contributed by atoms with Crippen LogP contribution in [0, 0.1) is 0 Å². The Labute approximate surface area is 106 Å². The quantitative estimate of drug-likeness (QED) is 0.821. The van der Waals surface area contributed by atoms with E-state index in [1.807, 2.05) is 13.8 Å². The number of ether oxygens (including phenoxy) is 1. The highest BCUT2D eigenvalue weighted by Crippen LogP contribution is 2.30. The third-order valence-electron chi connectivity index (χ3n) is 3.49. The summed E-state index contributed by atoms with van der Waals surface area (Å²) in [6.45, 7) is 7.21. The summed E-state index contributed by atoms with van der Waals surface area (Å²) in [5.41, 5.74) is -1.87. The van der Waals surface area contributed by atoms with E-state index in [1.165, 1.54) is 4.68 Å². The van der Waals surface area contributed by atoms with Crippen LogP contribution in [-0.4, -0.2) is 38.4 Å². The first-order valence-electron chi connectivity index (χ1n) is 5.93. The monoisotopic (exact) mass is 256 g/mol. The van der Waals surface area contributed by atoms with Crippen LogP contribution in [0.4, 0.5) is 0 Å². The van der Waals surface area contributed by atoms with Crippen molar-refractivity contribution < 1.29 is 14.6 Å². The lowest BCUT2D eigenvalue weighted by Crippen LogP contribution is -2.45. The molecule has 0 aromatic carbocycles. The molecule has 1 heterocycles. The molecule has 0 unspecified atom stereocenters. The van der Waals surface area contributed by atoms with Crippen LogP contribution in [0.1, 0.15) is 46.4 Å². The Kier molecular flexibility index (Phi) is 4.05. The van der Waals surface area contributed by atoms with Crippen molar-refractivity contribution in [2.75, 3.05) is 7.11 Å². The SMILES string of the molecule is CCC(CC)(C(=O)O)n1nnnc1C(C)(C)OC. The van der Waals surface area contributed by atoms with Crippen molar-refractivity contribution in [3.8, 4) is 0 Å². The number of rotatable bonds is 6. The van der Waals surface area contributed by atoms with Gasteiger partial charge in [0.15, 0.2) is 11.4 Å². The summed E-state index contributed by atoms with van der Waals surface area (Å²) >= 11 is 0. The molecule has 18 heavy (non-hydrogen) atoms.